The van der Waals surface area contributed by atoms with E-state index in [2.05, 4.69) is 10.6 Å². The van der Waals surface area contributed by atoms with Gasteiger partial charge in [-0.1, -0.05) is 30.3 Å². The van der Waals surface area contributed by atoms with Crippen LogP contribution in [0.3, 0.4) is 0 Å². The molecule has 0 unspecified atom stereocenters. The number of nitrogens with one attached hydrogen (secondary N) is 2. The van der Waals surface area contributed by atoms with Crippen LogP contribution in [0.15, 0.2) is 48.5 Å². The first kappa shape index (κ1) is 18.8. The second-order valence-electron chi connectivity index (χ2n) is 6.08. The molecule has 0 atom stereocenters. The lowest BCUT2D eigenvalue weighted by molar-refractivity contribution is 0.240. The number of ether oxygens (including phenoxy) is 1. The molecule has 25 heavy (non-hydrogen) atoms. The highest BCUT2D eigenvalue weighted by atomic mass is 19.1. The molecule has 2 rings (SSSR count). The molecular formula is C20H25FN2O2. The van der Waals surface area contributed by atoms with Gasteiger partial charge in [0.2, 0.25) is 0 Å². The Balaban J connectivity index is 1.64. The van der Waals surface area contributed by atoms with E-state index >= 15 is 0 Å². The molecule has 2 aromatic rings. The van der Waals surface area contributed by atoms with E-state index in [-0.39, 0.29) is 18.0 Å². The minimum Gasteiger partial charge on any atom is -0.491 e. The first-order valence-electron chi connectivity index (χ1n) is 8.55. The van der Waals surface area contributed by atoms with Gasteiger partial charge >= 0.3 is 6.03 Å². The van der Waals surface area contributed by atoms with Gasteiger partial charge in [-0.25, -0.2) is 9.18 Å². The summed E-state index contributed by atoms with van der Waals surface area (Å²) < 4.78 is 19.1. The SMILES string of the molecule is CC(C)Oc1ccc(CCNC(=O)NCCc2ccccc2F)cc1. The zero-order valence-corrected chi connectivity index (χ0v) is 14.7. The third kappa shape index (κ3) is 6.83. The van der Waals surface area contributed by atoms with Crippen LogP contribution < -0.4 is 15.4 Å². The number of urea groups is 1. The van der Waals surface area contributed by atoms with E-state index in [1.807, 2.05) is 38.1 Å². The van der Waals surface area contributed by atoms with Crippen molar-refractivity contribution in [1.82, 2.24) is 10.6 Å². The lowest BCUT2D eigenvalue weighted by atomic mass is 10.1. The number of hydrogen-bond acceptors (Lipinski definition) is 2. The summed E-state index contributed by atoms with van der Waals surface area (Å²) in [4.78, 5) is 11.7. The molecule has 0 heterocycles. The zero-order chi connectivity index (χ0) is 18.1. The maximum absolute atomic E-state index is 13.5. The van der Waals surface area contributed by atoms with E-state index in [1.165, 1.54) is 6.07 Å². The van der Waals surface area contributed by atoms with E-state index in [9.17, 15) is 9.18 Å². The normalized spacial score (nSPS) is 10.6. The van der Waals surface area contributed by atoms with Crippen molar-refractivity contribution in [2.45, 2.75) is 32.8 Å². The van der Waals surface area contributed by atoms with Gasteiger partial charge in [-0.05, 0) is 56.0 Å². The van der Waals surface area contributed by atoms with Gasteiger partial charge in [-0.2, -0.15) is 0 Å². The van der Waals surface area contributed by atoms with E-state index < -0.39 is 0 Å². The molecule has 0 aliphatic carbocycles. The topological polar surface area (TPSA) is 50.4 Å². The largest absolute Gasteiger partial charge is 0.491 e. The molecule has 0 radical (unpaired) electrons. The highest BCUT2D eigenvalue weighted by Gasteiger charge is 2.03. The fourth-order valence-electron chi connectivity index (χ4n) is 2.40. The number of benzene rings is 2. The van der Waals surface area contributed by atoms with Crippen LogP contribution in [-0.2, 0) is 12.8 Å². The number of hydrogen-bond donors (Lipinski definition) is 2. The summed E-state index contributed by atoms with van der Waals surface area (Å²) in [6.07, 6.45) is 1.36. The molecule has 0 bridgehead atoms. The summed E-state index contributed by atoms with van der Waals surface area (Å²) in [5, 5.41) is 5.54. The van der Waals surface area contributed by atoms with E-state index in [1.54, 1.807) is 18.2 Å². The summed E-state index contributed by atoms with van der Waals surface area (Å²) in [6.45, 7) is 4.91. The summed E-state index contributed by atoms with van der Waals surface area (Å²) >= 11 is 0. The molecule has 0 fully saturated rings. The number of amides is 2. The van der Waals surface area contributed by atoms with Crippen LogP contribution in [0.1, 0.15) is 25.0 Å². The predicted octanol–water partition coefficient (Wildman–Crippen LogP) is 3.70. The Bertz CT molecular complexity index is 672. The quantitative estimate of drug-likeness (QED) is 0.767. The van der Waals surface area contributed by atoms with Gasteiger partial charge in [0.15, 0.2) is 0 Å². The lowest BCUT2D eigenvalue weighted by Gasteiger charge is -2.11. The van der Waals surface area contributed by atoms with Gasteiger partial charge in [0.25, 0.3) is 0 Å². The van der Waals surface area contributed by atoms with Crippen molar-refractivity contribution in [2.24, 2.45) is 0 Å². The molecule has 0 saturated carbocycles. The van der Waals surface area contributed by atoms with E-state index in [0.29, 0.717) is 25.1 Å². The zero-order valence-electron chi connectivity index (χ0n) is 14.7. The smallest absolute Gasteiger partial charge is 0.314 e. The van der Waals surface area contributed by atoms with E-state index in [4.69, 9.17) is 4.74 Å². The Hall–Kier alpha value is -2.56. The van der Waals surface area contributed by atoms with Gasteiger partial charge in [0, 0.05) is 13.1 Å². The number of halogens is 1. The molecular weight excluding hydrogens is 319 g/mol. The second-order valence-corrected chi connectivity index (χ2v) is 6.08. The van der Waals surface area contributed by atoms with Crippen LogP contribution in [0.25, 0.3) is 0 Å². The van der Waals surface area contributed by atoms with Crippen LogP contribution in [0, 0.1) is 5.82 Å². The molecule has 0 spiro atoms. The Kier molecular flexibility index (Phi) is 7.26. The minimum absolute atomic E-state index is 0.153. The molecule has 0 saturated heterocycles. The van der Waals surface area contributed by atoms with Gasteiger partial charge in [0.05, 0.1) is 6.10 Å². The van der Waals surface area contributed by atoms with Crippen molar-refractivity contribution in [3.8, 4) is 5.75 Å². The first-order chi connectivity index (χ1) is 12.0. The Morgan fingerprint density at radius 1 is 1.00 bits per heavy atom. The molecule has 2 amide bonds. The van der Waals surface area contributed by atoms with Gasteiger partial charge < -0.3 is 15.4 Å². The monoisotopic (exact) mass is 344 g/mol. The van der Waals surface area contributed by atoms with E-state index in [0.717, 1.165) is 17.7 Å². The van der Waals surface area contributed by atoms with Crippen LogP contribution >= 0.6 is 0 Å². The van der Waals surface area contributed by atoms with Crippen molar-refractivity contribution in [3.63, 3.8) is 0 Å². The van der Waals surface area contributed by atoms with Crippen LogP contribution in [0.5, 0.6) is 5.75 Å². The number of carbonyl (C=O) groups is 1. The standard InChI is InChI=1S/C20H25FN2O2/c1-15(2)25-18-9-7-16(8-10-18)11-13-22-20(24)23-14-12-17-5-3-4-6-19(17)21/h3-10,15H,11-14H2,1-2H3,(H2,22,23,24). The molecule has 134 valence electrons. The van der Waals surface area contributed by atoms with Gasteiger partial charge in [-0.3, -0.25) is 0 Å². The average Bonchev–Trinajstić information content (AvgIpc) is 2.58. The fraction of sp³-hybridized carbons (Fsp3) is 0.350. The third-order valence-electron chi connectivity index (χ3n) is 3.63. The maximum atomic E-state index is 13.5. The highest BCUT2D eigenvalue weighted by molar-refractivity contribution is 5.73. The molecule has 2 N–H and O–H groups in total. The van der Waals surface area contributed by atoms with Crippen molar-refractivity contribution < 1.29 is 13.9 Å². The summed E-state index contributed by atoms with van der Waals surface area (Å²) in [5.74, 6) is 0.604. The van der Waals surface area contributed by atoms with Crippen LogP contribution in [-0.4, -0.2) is 25.2 Å². The summed E-state index contributed by atoms with van der Waals surface area (Å²) in [5.41, 5.74) is 1.73. The fourth-order valence-corrected chi connectivity index (χ4v) is 2.40. The molecule has 0 aliphatic heterocycles. The van der Waals surface area contributed by atoms with Crippen LogP contribution in [0.2, 0.25) is 0 Å². The Morgan fingerprint density at radius 3 is 2.28 bits per heavy atom. The highest BCUT2D eigenvalue weighted by Crippen LogP contribution is 2.13. The molecule has 2 aromatic carbocycles. The average molecular weight is 344 g/mol. The maximum Gasteiger partial charge on any atom is 0.314 e. The Labute approximate surface area is 148 Å². The second kappa shape index (κ2) is 9.67. The van der Waals surface area contributed by atoms with Gasteiger partial charge in [-0.15, -0.1) is 0 Å². The minimum atomic E-state index is -0.241. The Morgan fingerprint density at radius 2 is 1.64 bits per heavy atom. The first-order valence-corrected chi connectivity index (χ1v) is 8.55. The van der Waals surface area contributed by atoms with Crippen molar-refractivity contribution in [3.05, 3.63) is 65.5 Å². The summed E-state index contributed by atoms with van der Waals surface area (Å²) in [7, 11) is 0. The molecule has 0 aliphatic rings. The number of rotatable bonds is 8. The lowest BCUT2D eigenvalue weighted by Crippen LogP contribution is -2.37. The molecule has 5 heteroatoms. The van der Waals surface area contributed by atoms with Crippen molar-refractivity contribution >= 4 is 6.03 Å². The number of carbonyl (C=O) groups excluding carboxylic acids is 1. The molecule has 0 aromatic heterocycles. The molecule has 4 nitrogen and oxygen atoms in total. The van der Waals surface area contributed by atoms with Crippen molar-refractivity contribution in [2.75, 3.05) is 13.1 Å². The summed E-state index contributed by atoms with van der Waals surface area (Å²) in [6, 6.07) is 14.2. The van der Waals surface area contributed by atoms with Crippen LogP contribution in [0.4, 0.5) is 9.18 Å². The predicted molar refractivity (Wildman–Crippen MR) is 97.4 cm³/mol. The third-order valence-corrected chi connectivity index (χ3v) is 3.63. The van der Waals surface area contributed by atoms with Gasteiger partial charge in [0.1, 0.15) is 11.6 Å². The van der Waals surface area contributed by atoms with Crippen molar-refractivity contribution in [1.29, 1.82) is 0 Å².